The maximum absolute atomic E-state index is 13.5. The molecule has 2 aliphatic rings. The van der Waals surface area contributed by atoms with Crippen LogP contribution in [0.5, 0.6) is 0 Å². The minimum absolute atomic E-state index is 0.0348. The van der Waals surface area contributed by atoms with Gasteiger partial charge < -0.3 is 9.88 Å². The molecule has 0 saturated carbocycles. The van der Waals surface area contributed by atoms with Gasteiger partial charge in [0.2, 0.25) is 10.0 Å². The van der Waals surface area contributed by atoms with E-state index in [1.165, 1.54) is 10.4 Å². The third kappa shape index (κ3) is 3.13. The Morgan fingerprint density at radius 2 is 1.96 bits per heavy atom. The quantitative estimate of drug-likeness (QED) is 0.850. The first kappa shape index (κ1) is 17.8. The number of sulfonamides is 1. The van der Waals surface area contributed by atoms with Crippen LogP contribution in [0.1, 0.15) is 30.4 Å². The molecule has 1 saturated heterocycles. The molecule has 0 radical (unpaired) electrons. The second-order valence-electron chi connectivity index (χ2n) is 6.56. The Balaban J connectivity index is 1.51. The maximum Gasteiger partial charge on any atom is 0.244 e. The standard InChI is InChI=1S/C16H19ClFN5O2S/c17-13-2-1-12(18)9-14(13)26(24,25)22-6-3-11(4-7-22)16-21-20-15-10-19-5-8-23(15)16/h1-2,9,11,19H,3-8,10H2. The second-order valence-corrected chi connectivity index (χ2v) is 8.87. The van der Waals surface area contributed by atoms with Crippen molar-refractivity contribution >= 4 is 21.6 Å². The molecule has 0 bridgehead atoms. The molecule has 2 aromatic rings. The third-order valence-corrected chi connectivity index (χ3v) is 7.36. The summed E-state index contributed by atoms with van der Waals surface area (Å²) in [7, 11) is -3.82. The van der Waals surface area contributed by atoms with E-state index in [-0.39, 0.29) is 15.8 Å². The van der Waals surface area contributed by atoms with Gasteiger partial charge in [0.05, 0.1) is 11.6 Å². The van der Waals surface area contributed by atoms with E-state index in [1.807, 2.05) is 0 Å². The summed E-state index contributed by atoms with van der Waals surface area (Å²) in [6.45, 7) is 3.11. The average molecular weight is 400 g/mol. The fraction of sp³-hybridized carbons (Fsp3) is 0.500. The van der Waals surface area contributed by atoms with Crippen LogP contribution in [-0.2, 0) is 23.1 Å². The zero-order valence-corrected chi connectivity index (χ0v) is 15.6. The smallest absolute Gasteiger partial charge is 0.244 e. The van der Waals surface area contributed by atoms with Gasteiger partial charge in [-0.05, 0) is 31.0 Å². The molecule has 4 rings (SSSR count). The van der Waals surface area contributed by atoms with E-state index in [0.717, 1.165) is 36.9 Å². The number of nitrogens with zero attached hydrogens (tertiary/aromatic N) is 4. The van der Waals surface area contributed by atoms with Crippen LogP contribution in [0.15, 0.2) is 23.1 Å². The molecule has 0 atom stereocenters. The van der Waals surface area contributed by atoms with Crippen molar-refractivity contribution in [3.63, 3.8) is 0 Å². The zero-order chi connectivity index (χ0) is 18.3. The van der Waals surface area contributed by atoms with Crippen molar-refractivity contribution in [3.05, 3.63) is 40.7 Å². The van der Waals surface area contributed by atoms with Crippen LogP contribution in [0.3, 0.4) is 0 Å². The number of hydrogen-bond acceptors (Lipinski definition) is 5. The SMILES string of the molecule is O=S(=O)(c1cc(F)ccc1Cl)N1CCC(c2nnc3n2CCNC3)CC1. The van der Waals surface area contributed by atoms with Crippen molar-refractivity contribution in [1.82, 2.24) is 24.4 Å². The van der Waals surface area contributed by atoms with Crippen LogP contribution in [0.25, 0.3) is 0 Å². The van der Waals surface area contributed by atoms with Gasteiger partial charge in [-0.15, -0.1) is 10.2 Å². The van der Waals surface area contributed by atoms with Gasteiger partial charge in [-0.2, -0.15) is 4.31 Å². The average Bonchev–Trinajstić information content (AvgIpc) is 3.08. The van der Waals surface area contributed by atoms with Crippen LogP contribution >= 0.6 is 11.6 Å². The number of halogens is 2. The number of piperidine rings is 1. The van der Waals surface area contributed by atoms with Crippen molar-refractivity contribution in [2.45, 2.75) is 36.7 Å². The first-order chi connectivity index (χ1) is 12.5. The van der Waals surface area contributed by atoms with E-state index < -0.39 is 15.8 Å². The molecule has 1 aromatic heterocycles. The molecule has 0 spiro atoms. The summed E-state index contributed by atoms with van der Waals surface area (Å²) in [5.74, 6) is 1.41. The van der Waals surface area contributed by atoms with Crippen LogP contribution in [-0.4, -0.2) is 47.1 Å². The van der Waals surface area contributed by atoms with Crippen molar-refractivity contribution < 1.29 is 12.8 Å². The lowest BCUT2D eigenvalue weighted by molar-refractivity contribution is 0.307. The molecule has 0 unspecified atom stereocenters. The zero-order valence-electron chi connectivity index (χ0n) is 14.0. The molecule has 2 aliphatic heterocycles. The summed E-state index contributed by atoms with van der Waals surface area (Å²) in [5.41, 5.74) is 0. The lowest BCUT2D eigenvalue weighted by Crippen LogP contribution is -2.39. The third-order valence-electron chi connectivity index (χ3n) is 4.98. The van der Waals surface area contributed by atoms with E-state index in [1.54, 1.807) is 0 Å². The Kier molecular flexibility index (Phi) is 4.72. The van der Waals surface area contributed by atoms with Gasteiger partial charge in [-0.25, -0.2) is 12.8 Å². The normalized spacial score (nSPS) is 19.5. The summed E-state index contributed by atoms with van der Waals surface area (Å²) in [4.78, 5) is -0.177. The van der Waals surface area contributed by atoms with Gasteiger partial charge >= 0.3 is 0 Å². The molecular weight excluding hydrogens is 381 g/mol. The minimum Gasteiger partial charge on any atom is -0.312 e. The fourth-order valence-corrected chi connectivity index (χ4v) is 5.54. The number of aromatic nitrogens is 3. The highest BCUT2D eigenvalue weighted by molar-refractivity contribution is 7.89. The summed E-state index contributed by atoms with van der Waals surface area (Å²) in [5, 5.41) is 11.8. The van der Waals surface area contributed by atoms with E-state index in [4.69, 9.17) is 11.6 Å². The largest absolute Gasteiger partial charge is 0.312 e. The fourth-order valence-electron chi connectivity index (χ4n) is 3.58. The predicted molar refractivity (Wildman–Crippen MR) is 93.9 cm³/mol. The number of fused-ring (bicyclic) bond motifs is 1. The molecular formula is C16H19ClFN5O2S. The summed E-state index contributed by atoms with van der Waals surface area (Å²) in [6.07, 6.45) is 1.30. The van der Waals surface area contributed by atoms with Gasteiger partial charge in [0.1, 0.15) is 22.4 Å². The first-order valence-corrected chi connectivity index (χ1v) is 10.4. The second kappa shape index (κ2) is 6.88. The van der Waals surface area contributed by atoms with E-state index in [9.17, 15) is 12.8 Å². The lowest BCUT2D eigenvalue weighted by atomic mass is 9.97. The Labute approximate surface area is 156 Å². The lowest BCUT2D eigenvalue weighted by Gasteiger charge is -2.31. The van der Waals surface area contributed by atoms with E-state index >= 15 is 0 Å². The van der Waals surface area contributed by atoms with Crippen LogP contribution in [0, 0.1) is 5.82 Å². The highest BCUT2D eigenvalue weighted by Crippen LogP contribution is 2.32. The molecule has 1 N–H and O–H groups in total. The molecule has 1 aromatic carbocycles. The predicted octanol–water partition coefficient (Wildman–Crippen LogP) is 1.74. The Morgan fingerprint density at radius 3 is 2.73 bits per heavy atom. The number of benzene rings is 1. The van der Waals surface area contributed by atoms with Gasteiger partial charge in [0.15, 0.2) is 0 Å². The van der Waals surface area contributed by atoms with Gasteiger partial charge in [-0.1, -0.05) is 11.6 Å². The van der Waals surface area contributed by atoms with Gasteiger partial charge in [0, 0.05) is 32.1 Å². The Bertz CT molecular complexity index is 925. The molecule has 10 heteroatoms. The summed E-state index contributed by atoms with van der Waals surface area (Å²) >= 11 is 5.99. The monoisotopic (exact) mass is 399 g/mol. The van der Waals surface area contributed by atoms with Crippen molar-refractivity contribution in [2.75, 3.05) is 19.6 Å². The van der Waals surface area contributed by atoms with Crippen LogP contribution in [0.2, 0.25) is 5.02 Å². The summed E-state index contributed by atoms with van der Waals surface area (Å²) in [6, 6.07) is 3.40. The van der Waals surface area contributed by atoms with Crippen molar-refractivity contribution in [2.24, 2.45) is 0 Å². The Hall–Kier alpha value is -1.55. The molecule has 26 heavy (non-hydrogen) atoms. The van der Waals surface area contributed by atoms with Crippen molar-refractivity contribution in [1.29, 1.82) is 0 Å². The Morgan fingerprint density at radius 1 is 1.19 bits per heavy atom. The minimum atomic E-state index is -3.82. The number of hydrogen-bond donors (Lipinski definition) is 1. The topological polar surface area (TPSA) is 80.1 Å². The number of rotatable bonds is 3. The molecule has 0 amide bonds. The maximum atomic E-state index is 13.5. The molecule has 3 heterocycles. The van der Waals surface area contributed by atoms with Crippen molar-refractivity contribution in [3.8, 4) is 0 Å². The van der Waals surface area contributed by atoms with Gasteiger partial charge in [0.25, 0.3) is 0 Å². The molecule has 1 fully saturated rings. The molecule has 0 aliphatic carbocycles. The van der Waals surface area contributed by atoms with E-state index in [0.29, 0.717) is 32.5 Å². The first-order valence-electron chi connectivity index (χ1n) is 8.54. The molecule has 7 nitrogen and oxygen atoms in total. The van der Waals surface area contributed by atoms with Crippen LogP contribution < -0.4 is 5.32 Å². The number of nitrogens with one attached hydrogen (secondary N) is 1. The van der Waals surface area contributed by atoms with Gasteiger partial charge in [-0.3, -0.25) is 0 Å². The summed E-state index contributed by atoms with van der Waals surface area (Å²) < 4.78 is 42.6. The highest BCUT2D eigenvalue weighted by Gasteiger charge is 2.33. The molecule has 140 valence electrons. The van der Waals surface area contributed by atoms with E-state index in [2.05, 4.69) is 20.1 Å². The van der Waals surface area contributed by atoms with Crippen LogP contribution in [0.4, 0.5) is 4.39 Å². The highest BCUT2D eigenvalue weighted by atomic mass is 35.5.